The third kappa shape index (κ3) is 5.74. The van der Waals surface area contributed by atoms with Crippen molar-refractivity contribution in [3.05, 3.63) is 82.5 Å². The molecule has 1 fully saturated rings. The number of hydrogen-bond acceptors (Lipinski definition) is 1. The maximum Gasteiger partial charge on any atom is 0.0402 e. The lowest BCUT2D eigenvalue weighted by atomic mass is 9.88. The van der Waals surface area contributed by atoms with Gasteiger partial charge in [0, 0.05) is 11.7 Å². The SMILES string of the molecule is C/C=C(/C(CCCC)=C(/C)CC)c1cccc(C(NC2CC3C=CC=CC3C2)=C(C)C)c1. The first kappa shape index (κ1) is 24.4. The zero-order valence-corrected chi connectivity index (χ0v) is 21.2. The molecule has 0 heterocycles. The minimum absolute atomic E-state index is 0.537. The van der Waals surface area contributed by atoms with Gasteiger partial charge in [-0.3, -0.25) is 0 Å². The first-order valence-electron chi connectivity index (χ1n) is 12.7. The van der Waals surface area contributed by atoms with Crippen LogP contribution in [-0.4, -0.2) is 6.04 Å². The van der Waals surface area contributed by atoms with Gasteiger partial charge in [-0.2, -0.15) is 0 Å². The Morgan fingerprint density at radius 2 is 1.66 bits per heavy atom. The molecule has 0 bridgehead atoms. The third-order valence-corrected chi connectivity index (χ3v) is 7.24. The summed E-state index contributed by atoms with van der Waals surface area (Å²) in [6.07, 6.45) is 18.8. The van der Waals surface area contributed by atoms with Gasteiger partial charge in [0.05, 0.1) is 0 Å². The fraction of sp³-hybridized carbons (Fsp3) is 0.484. The second kappa shape index (κ2) is 11.5. The van der Waals surface area contributed by atoms with E-state index in [2.05, 4.69) is 102 Å². The Bertz CT molecular complexity index is 913. The zero-order valence-electron chi connectivity index (χ0n) is 21.2. The predicted molar refractivity (Wildman–Crippen MR) is 142 cm³/mol. The van der Waals surface area contributed by atoms with Crippen LogP contribution in [0.4, 0.5) is 0 Å². The molecular formula is C31H43N. The normalized spacial score (nSPS) is 23.1. The van der Waals surface area contributed by atoms with E-state index in [0.717, 1.165) is 6.42 Å². The van der Waals surface area contributed by atoms with Crippen molar-refractivity contribution in [2.75, 3.05) is 0 Å². The molecule has 0 aromatic heterocycles. The molecule has 2 aliphatic rings. The summed E-state index contributed by atoms with van der Waals surface area (Å²) in [5, 5.41) is 3.95. The van der Waals surface area contributed by atoms with Crippen molar-refractivity contribution in [3.8, 4) is 0 Å². The number of benzene rings is 1. The van der Waals surface area contributed by atoms with Crippen molar-refractivity contribution in [2.45, 2.75) is 86.1 Å². The number of nitrogens with one attached hydrogen (secondary N) is 1. The molecule has 2 atom stereocenters. The molecule has 1 aromatic rings. The van der Waals surface area contributed by atoms with Gasteiger partial charge in [-0.15, -0.1) is 0 Å². The van der Waals surface area contributed by atoms with E-state index in [4.69, 9.17) is 0 Å². The van der Waals surface area contributed by atoms with Gasteiger partial charge in [0.1, 0.15) is 0 Å². The summed E-state index contributed by atoms with van der Waals surface area (Å²) in [6, 6.07) is 9.74. The van der Waals surface area contributed by atoms with Gasteiger partial charge in [0.15, 0.2) is 0 Å². The topological polar surface area (TPSA) is 12.0 Å². The summed E-state index contributed by atoms with van der Waals surface area (Å²) in [5.74, 6) is 1.39. The Balaban J connectivity index is 1.87. The summed E-state index contributed by atoms with van der Waals surface area (Å²) in [6.45, 7) is 13.5. The van der Waals surface area contributed by atoms with Crippen LogP contribution in [0.25, 0.3) is 11.3 Å². The average Bonchev–Trinajstić information content (AvgIpc) is 3.22. The second-order valence-corrected chi connectivity index (χ2v) is 9.78. The maximum atomic E-state index is 3.95. The van der Waals surface area contributed by atoms with Crippen LogP contribution in [0, 0.1) is 11.8 Å². The molecule has 1 saturated carbocycles. The van der Waals surface area contributed by atoms with Gasteiger partial charge in [0.25, 0.3) is 0 Å². The van der Waals surface area contributed by atoms with E-state index in [1.807, 2.05) is 0 Å². The molecule has 172 valence electrons. The molecular weight excluding hydrogens is 386 g/mol. The molecule has 0 amide bonds. The van der Waals surface area contributed by atoms with E-state index in [1.165, 1.54) is 65.6 Å². The Morgan fingerprint density at radius 3 is 2.22 bits per heavy atom. The van der Waals surface area contributed by atoms with Crippen LogP contribution in [0.5, 0.6) is 0 Å². The van der Waals surface area contributed by atoms with Crippen molar-refractivity contribution in [3.63, 3.8) is 0 Å². The molecule has 3 rings (SSSR count). The lowest BCUT2D eigenvalue weighted by molar-refractivity contribution is 0.552. The van der Waals surface area contributed by atoms with Gasteiger partial charge < -0.3 is 5.32 Å². The number of fused-ring (bicyclic) bond motifs is 1. The Morgan fingerprint density at radius 1 is 1.00 bits per heavy atom. The fourth-order valence-corrected chi connectivity index (χ4v) is 5.30. The maximum absolute atomic E-state index is 3.95. The molecule has 0 saturated heterocycles. The van der Waals surface area contributed by atoms with Crippen LogP contribution in [0.3, 0.4) is 0 Å². The molecule has 1 nitrogen and oxygen atoms in total. The molecule has 32 heavy (non-hydrogen) atoms. The Hall–Kier alpha value is -2.28. The van der Waals surface area contributed by atoms with Crippen molar-refractivity contribution in [1.29, 1.82) is 0 Å². The van der Waals surface area contributed by atoms with Crippen molar-refractivity contribution in [2.24, 2.45) is 11.8 Å². The fourth-order valence-electron chi connectivity index (χ4n) is 5.30. The molecule has 0 radical (unpaired) electrons. The molecule has 0 aliphatic heterocycles. The lowest BCUT2D eigenvalue weighted by Crippen LogP contribution is -2.26. The first-order chi connectivity index (χ1) is 15.5. The van der Waals surface area contributed by atoms with Crippen LogP contribution in [-0.2, 0) is 0 Å². The summed E-state index contributed by atoms with van der Waals surface area (Å²) < 4.78 is 0. The summed E-state index contributed by atoms with van der Waals surface area (Å²) in [5.41, 5.74) is 9.80. The highest BCUT2D eigenvalue weighted by atomic mass is 14.9. The number of unbranched alkanes of at least 4 members (excludes halogenated alkanes) is 1. The van der Waals surface area contributed by atoms with Crippen LogP contribution in [0.15, 0.2) is 71.4 Å². The molecule has 2 unspecified atom stereocenters. The molecule has 1 heteroatoms. The second-order valence-electron chi connectivity index (χ2n) is 9.78. The Kier molecular flexibility index (Phi) is 8.79. The van der Waals surface area contributed by atoms with Crippen LogP contribution in [0.1, 0.15) is 91.2 Å². The predicted octanol–water partition coefficient (Wildman–Crippen LogP) is 8.87. The van der Waals surface area contributed by atoms with Crippen LogP contribution in [0.2, 0.25) is 0 Å². The van der Waals surface area contributed by atoms with Gasteiger partial charge in [-0.25, -0.2) is 0 Å². The smallest absolute Gasteiger partial charge is 0.0402 e. The van der Waals surface area contributed by atoms with E-state index in [1.54, 1.807) is 5.57 Å². The van der Waals surface area contributed by atoms with Gasteiger partial charge in [-0.05, 0) is 100.0 Å². The quantitative estimate of drug-likeness (QED) is 0.386. The Labute approximate surface area is 197 Å². The number of allylic oxidation sites excluding steroid dienone is 9. The zero-order chi connectivity index (χ0) is 23.1. The lowest BCUT2D eigenvalue weighted by Gasteiger charge is -2.21. The monoisotopic (exact) mass is 429 g/mol. The molecule has 1 N–H and O–H groups in total. The summed E-state index contributed by atoms with van der Waals surface area (Å²) >= 11 is 0. The highest BCUT2D eigenvalue weighted by Gasteiger charge is 2.32. The highest BCUT2D eigenvalue weighted by Crippen LogP contribution is 2.38. The van der Waals surface area contributed by atoms with Gasteiger partial charge in [-0.1, -0.05) is 80.0 Å². The number of hydrogen-bond donors (Lipinski definition) is 1. The molecule has 2 aliphatic carbocycles. The largest absolute Gasteiger partial charge is 0.382 e. The van der Waals surface area contributed by atoms with E-state index < -0.39 is 0 Å². The highest BCUT2D eigenvalue weighted by molar-refractivity contribution is 5.81. The van der Waals surface area contributed by atoms with Crippen molar-refractivity contribution >= 4 is 11.3 Å². The molecule has 1 aromatic carbocycles. The average molecular weight is 430 g/mol. The van der Waals surface area contributed by atoms with Crippen molar-refractivity contribution in [1.82, 2.24) is 5.32 Å². The summed E-state index contributed by atoms with van der Waals surface area (Å²) in [7, 11) is 0. The van der Waals surface area contributed by atoms with Crippen molar-refractivity contribution < 1.29 is 0 Å². The van der Waals surface area contributed by atoms with E-state index in [-0.39, 0.29) is 0 Å². The summed E-state index contributed by atoms with van der Waals surface area (Å²) in [4.78, 5) is 0. The molecule has 0 spiro atoms. The number of rotatable bonds is 9. The third-order valence-electron chi connectivity index (χ3n) is 7.24. The van der Waals surface area contributed by atoms with E-state index in [0.29, 0.717) is 17.9 Å². The first-order valence-corrected chi connectivity index (χ1v) is 12.7. The standard InChI is InChI=1S/C31H43N/c1-7-10-18-30(23(6)8-2)29(9-3)26-16-13-17-27(19-26)31(22(4)5)32-28-20-24-14-11-12-15-25(24)21-28/h9,11-17,19,24-25,28,32H,7-8,10,18,20-21H2,1-6H3/b29-9+,30-23-. The minimum atomic E-state index is 0.537. The minimum Gasteiger partial charge on any atom is -0.382 e. The van der Waals surface area contributed by atoms with Crippen LogP contribution >= 0.6 is 0 Å². The van der Waals surface area contributed by atoms with E-state index >= 15 is 0 Å². The van der Waals surface area contributed by atoms with Gasteiger partial charge in [0.2, 0.25) is 0 Å². The van der Waals surface area contributed by atoms with Gasteiger partial charge >= 0.3 is 0 Å². The van der Waals surface area contributed by atoms with Crippen LogP contribution < -0.4 is 5.32 Å². The van der Waals surface area contributed by atoms with E-state index in [9.17, 15) is 0 Å².